The number of rotatable bonds is 7. The van der Waals surface area contributed by atoms with Crippen LogP contribution in [0.25, 0.3) is 0 Å². The standard InChI is InChI=1S/C22H32N4O.2ClH/c1-17(2)21-24-11-12-26(21)15-18-7-6-8-19(13-18)25-20(27)14-22(16-23)9-4-3-5-10-22;;/h6-8,11-13,17H,3-5,9-10,14-16,23H2,1-2H3,(H,25,27);2*1H. The monoisotopic (exact) mass is 440 g/mol. The Morgan fingerprint density at radius 3 is 2.62 bits per heavy atom. The highest BCUT2D eigenvalue weighted by molar-refractivity contribution is 5.91. The fourth-order valence-corrected chi connectivity index (χ4v) is 4.20. The lowest BCUT2D eigenvalue weighted by molar-refractivity contribution is -0.118. The van der Waals surface area contributed by atoms with E-state index in [1.54, 1.807) is 0 Å². The molecule has 1 amide bonds. The minimum atomic E-state index is -0.0110. The van der Waals surface area contributed by atoms with Crippen LogP contribution in [0.2, 0.25) is 0 Å². The van der Waals surface area contributed by atoms with Crippen LogP contribution < -0.4 is 11.1 Å². The van der Waals surface area contributed by atoms with E-state index in [1.807, 2.05) is 24.5 Å². The minimum Gasteiger partial charge on any atom is -0.330 e. The van der Waals surface area contributed by atoms with Crippen LogP contribution in [0.3, 0.4) is 0 Å². The normalized spacial score (nSPS) is 15.3. The maximum atomic E-state index is 12.6. The Kier molecular flexibility index (Phi) is 10.2. The first-order valence-electron chi connectivity index (χ1n) is 10.1. The molecular weight excluding hydrogens is 407 g/mol. The van der Waals surface area contributed by atoms with Crippen LogP contribution in [0.4, 0.5) is 5.69 Å². The van der Waals surface area contributed by atoms with Gasteiger partial charge in [0.15, 0.2) is 0 Å². The zero-order valence-electron chi connectivity index (χ0n) is 17.4. The highest BCUT2D eigenvalue weighted by atomic mass is 35.5. The smallest absolute Gasteiger partial charge is 0.224 e. The zero-order chi connectivity index (χ0) is 19.3. The lowest BCUT2D eigenvalue weighted by Crippen LogP contribution is -2.36. The molecule has 1 saturated carbocycles. The lowest BCUT2D eigenvalue weighted by atomic mass is 9.71. The molecule has 162 valence electrons. The van der Waals surface area contributed by atoms with Gasteiger partial charge >= 0.3 is 0 Å². The molecule has 1 aliphatic carbocycles. The molecule has 1 aliphatic rings. The van der Waals surface area contributed by atoms with Gasteiger partial charge in [-0.25, -0.2) is 4.98 Å². The molecule has 1 heterocycles. The van der Waals surface area contributed by atoms with Crippen molar-refractivity contribution in [2.45, 2.75) is 64.8 Å². The van der Waals surface area contributed by atoms with Gasteiger partial charge in [0.2, 0.25) is 5.91 Å². The summed E-state index contributed by atoms with van der Waals surface area (Å²) in [6.07, 6.45) is 10.1. The first-order chi connectivity index (χ1) is 13.0. The van der Waals surface area contributed by atoms with Crippen LogP contribution in [0.5, 0.6) is 0 Å². The van der Waals surface area contributed by atoms with Crippen molar-refractivity contribution in [2.24, 2.45) is 11.1 Å². The van der Waals surface area contributed by atoms with E-state index >= 15 is 0 Å². The molecule has 5 nitrogen and oxygen atoms in total. The number of aromatic nitrogens is 2. The lowest BCUT2D eigenvalue weighted by Gasteiger charge is -2.35. The Balaban J connectivity index is 0.00000210. The van der Waals surface area contributed by atoms with Crippen LogP contribution in [-0.2, 0) is 11.3 Å². The highest BCUT2D eigenvalue weighted by Crippen LogP contribution is 2.38. The fourth-order valence-electron chi connectivity index (χ4n) is 4.20. The Morgan fingerprint density at radius 2 is 1.97 bits per heavy atom. The third-order valence-electron chi connectivity index (χ3n) is 5.71. The van der Waals surface area contributed by atoms with Crippen molar-refractivity contribution < 1.29 is 4.79 Å². The molecule has 1 aromatic carbocycles. The summed E-state index contributed by atoms with van der Waals surface area (Å²) in [6.45, 7) is 5.64. The fraction of sp³-hybridized carbons (Fsp3) is 0.545. The topological polar surface area (TPSA) is 72.9 Å². The predicted octanol–water partition coefficient (Wildman–Crippen LogP) is 5.14. The Morgan fingerprint density at radius 1 is 1.24 bits per heavy atom. The van der Waals surface area contributed by atoms with Crippen LogP contribution in [0.1, 0.15) is 69.7 Å². The largest absolute Gasteiger partial charge is 0.330 e. The molecule has 29 heavy (non-hydrogen) atoms. The van der Waals surface area contributed by atoms with Crippen molar-refractivity contribution in [2.75, 3.05) is 11.9 Å². The summed E-state index contributed by atoms with van der Waals surface area (Å²) in [5, 5.41) is 3.09. The molecule has 0 aliphatic heterocycles. The maximum Gasteiger partial charge on any atom is 0.224 e. The van der Waals surface area contributed by atoms with Crippen molar-refractivity contribution in [3.63, 3.8) is 0 Å². The molecule has 0 bridgehead atoms. The number of hydrogen-bond donors (Lipinski definition) is 2. The average Bonchev–Trinajstić information content (AvgIpc) is 3.11. The van der Waals surface area contributed by atoms with Crippen molar-refractivity contribution >= 4 is 36.4 Å². The number of nitrogens with two attached hydrogens (primary N) is 1. The van der Waals surface area contributed by atoms with Crippen LogP contribution in [0, 0.1) is 5.41 Å². The Labute approximate surface area is 186 Å². The highest BCUT2D eigenvalue weighted by Gasteiger charge is 2.32. The van der Waals surface area contributed by atoms with Gasteiger partial charge in [-0.15, -0.1) is 24.8 Å². The van der Waals surface area contributed by atoms with Crippen molar-refractivity contribution in [3.8, 4) is 0 Å². The summed E-state index contributed by atoms with van der Waals surface area (Å²) >= 11 is 0. The van der Waals surface area contributed by atoms with E-state index in [0.29, 0.717) is 18.9 Å². The Hall–Kier alpha value is -1.56. The molecule has 3 rings (SSSR count). The van der Waals surface area contributed by atoms with E-state index in [9.17, 15) is 4.79 Å². The second-order valence-electron chi connectivity index (χ2n) is 8.26. The quantitative estimate of drug-likeness (QED) is 0.625. The number of benzene rings is 1. The number of nitrogens with zero attached hydrogens (tertiary/aromatic N) is 2. The summed E-state index contributed by atoms with van der Waals surface area (Å²) in [4.78, 5) is 17.1. The zero-order valence-corrected chi connectivity index (χ0v) is 19.0. The second kappa shape index (κ2) is 11.6. The number of hydrogen-bond acceptors (Lipinski definition) is 3. The SMILES string of the molecule is CC(C)c1nccn1Cc1cccc(NC(=O)CC2(CN)CCCCC2)c1.Cl.Cl. The molecule has 0 spiro atoms. The average molecular weight is 441 g/mol. The minimum absolute atomic E-state index is 0. The number of imidazole rings is 1. The number of halogens is 2. The molecule has 0 atom stereocenters. The molecule has 7 heteroatoms. The maximum absolute atomic E-state index is 12.6. The molecule has 1 aromatic heterocycles. The number of amides is 1. The van der Waals surface area contributed by atoms with E-state index in [1.165, 1.54) is 19.3 Å². The van der Waals surface area contributed by atoms with Crippen molar-refractivity contribution in [1.29, 1.82) is 0 Å². The summed E-state index contributed by atoms with van der Waals surface area (Å²) in [6, 6.07) is 8.09. The molecule has 0 radical (unpaired) electrons. The summed E-state index contributed by atoms with van der Waals surface area (Å²) in [5.41, 5.74) is 8.02. The summed E-state index contributed by atoms with van der Waals surface area (Å²) in [5.74, 6) is 1.53. The number of anilines is 1. The number of carbonyl (C=O) groups excluding carboxylic acids is 1. The van der Waals surface area contributed by atoms with Crippen molar-refractivity contribution in [1.82, 2.24) is 9.55 Å². The van der Waals surface area contributed by atoms with Gasteiger partial charge in [0.05, 0.1) is 0 Å². The first-order valence-corrected chi connectivity index (χ1v) is 10.1. The van der Waals surface area contributed by atoms with E-state index in [4.69, 9.17) is 5.73 Å². The van der Waals surface area contributed by atoms with E-state index in [0.717, 1.165) is 36.5 Å². The van der Waals surface area contributed by atoms with Crippen molar-refractivity contribution in [3.05, 3.63) is 48.0 Å². The van der Waals surface area contributed by atoms with E-state index in [2.05, 4.69) is 40.8 Å². The molecule has 0 saturated heterocycles. The molecule has 2 aromatic rings. The van der Waals surface area contributed by atoms with E-state index in [-0.39, 0.29) is 36.1 Å². The van der Waals surface area contributed by atoms with E-state index < -0.39 is 0 Å². The van der Waals surface area contributed by atoms with Gasteiger partial charge in [-0.3, -0.25) is 4.79 Å². The van der Waals surface area contributed by atoms with Crippen LogP contribution in [0.15, 0.2) is 36.7 Å². The van der Waals surface area contributed by atoms with Crippen LogP contribution >= 0.6 is 24.8 Å². The van der Waals surface area contributed by atoms with Gasteiger partial charge in [-0.1, -0.05) is 45.2 Å². The molecule has 1 fully saturated rings. The number of carbonyl (C=O) groups is 1. The van der Waals surface area contributed by atoms with Gasteiger partial charge < -0.3 is 15.6 Å². The van der Waals surface area contributed by atoms with Gasteiger partial charge in [0.25, 0.3) is 0 Å². The Bertz CT molecular complexity index is 770. The van der Waals surface area contributed by atoms with Gasteiger partial charge in [-0.2, -0.15) is 0 Å². The van der Waals surface area contributed by atoms with Crippen LogP contribution in [-0.4, -0.2) is 22.0 Å². The predicted molar refractivity (Wildman–Crippen MR) is 124 cm³/mol. The second-order valence-corrected chi connectivity index (χ2v) is 8.26. The van der Waals surface area contributed by atoms with Gasteiger partial charge in [0, 0.05) is 37.0 Å². The molecular formula is C22H34Cl2N4O. The third-order valence-corrected chi connectivity index (χ3v) is 5.71. The molecule has 0 unspecified atom stereocenters. The first kappa shape index (κ1) is 25.5. The summed E-state index contributed by atoms with van der Waals surface area (Å²) < 4.78 is 2.16. The van der Waals surface area contributed by atoms with Gasteiger partial charge in [0.1, 0.15) is 5.82 Å². The third kappa shape index (κ3) is 6.73. The summed E-state index contributed by atoms with van der Waals surface area (Å²) in [7, 11) is 0. The molecule has 3 N–H and O–H groups in total. The number of nitrogens with one attached hydrogen (secondary N) is 1. The van der Waals surface area contributed by atoms with Gasteiger partial charge in [-0.05, 0) is 42.5 Å².